The van der Waals surface area contributed by atoms with Gasteiger partial charge in [0.15, 0.2) is 5.82 Å². The molecule has 0 radical (unpaired) electrons. The average molecular weight is 221 g/mol. The molecule has 2 rings (SSSR count). The molecule has 0 spiro atoms. The summed E-state index contributed by atoms with van der Waals surface area (Å²) < 4.78 is 10.3. The lowest BCUT2D eigenvalue weighted by Crippen LogP contribution is -2.34. The first-order chi connectivity index (χ1) is 6.40. The summed E-state index contributed by atoms with van der Waals surface area (Å²) >= 11 is 0. The van der Waals surface area contributed by atoms with Crippen molar-refractivity contribution in [2.75, 3.05) is 19.8 Å². The van der Waals surface area contributed by atoms with Crippen molar-refractivity contribution in [1.82, 2.24) is 15.5 Å². The Bertz CT molecular complexity index is 274. The zero-order valence-electron chi connectivity index (χ0n) is 7.60. The fraction of sp³-hybridized carbons (Fsp3) is 0.714. The molecule has 1 unspecified atom stereocenters. The van der Waals surface area contributed by atoms with Crippen molar-refractivity contribution in [3.8, 4) is 0 Å². The Morgan fingerprint density at radius 1 is 1.57 bits per heavy atom. The summed E-state index contributed by atoms with van der Waals surface area (Å²) in [5.74, 6) is 1.09. The molecule has 0 bridgehead atoms. The van der Waals surface area contributed by atoms with Crippen LogP contribution in [0.2, 0.25) is 0 Å². The van der Waals surface area contributed by atoms with E-state index in [4.69, 9.17) is 15.0 Å². The van der Waals surface area contributed by atoms with E-state index in [1.807, 2.05) is 0 Å². The summed E-state index contributed by atoms with van der Waals surface area (Å²) in [6, 6.07) is 0.0153. The number of hydrogen-bond donors (Lipinski definition) is 2. The van der Waals surface area contributed by atoms with Gasteiger partial charge in [0.25, 0.3) is 0 Å². The topological polar surface area (TPSA) is 86.2 Å². The van der Waals surface area contributed by atoms with Gasteiger partial charge in [-0.15, -0.1) is 12.4 Å². The van der Waals surface area contributed by atoms with Crippen LogP contribution in [0.15, 0.2) is 4.52 Å². The standard InChI is InChI=1S/C7H12N4O2.ClH/c8-3-6-10-7(13-11-6)5-4-12-2-1-9-5;/h5,9H,1-4,8H2;1H. The second-order valence-corrected chi connectivity index (χ2v) is 2.83. The highest BCUT2D eigenvalue weighted by atomic mass is 35.5. The molecule has 7 heteroatoms. The third-order valence-electron chi connectivity index (χ3n) is 1.89. The minimum absolute atomic E-state index is 0. The maximum Gasteiger partial charge on any atom is 0.246 e. The molecule has 0 amide bonds. The highest BCUT2D eigenvalue weighted by molar-refractivity contribution is 5.85. The van der Waals surface area contributed by atoms with Crippen LogP contribution in [0, 0.1) is 0 Å². The first-order valence-corrected chi connectivity index (χ1v) is 4.24. The third kappa shape index (κ3) is 2.42. The second kappa shape index (κ2) is 5.26. The number of morpholine rings is 1. The number of rotatable bonds is 2. The lowest BCUT2D eigenvalue weighted by Gasteiger charge is -2.20. The first-order valence-electron chi connectivity index (χ1n) is 4.24. The van der Waals surface area contributed by atoms with E-state index in [9.17, 15) is 0 Å². The van der Waals surface area contributed by atoms with Gasteiger partial charge in [0.1, 0.15) is 6.04 Å². The van der Waals surface area contributed by atoms with E-state index < -0.39 is 0 Å². The van der Waals surface area contributed by atoms with Crippen LogP contribution >= 0.6 is 12.4 Å². The summed E-state index contributed by atoms with van der Waals surface area (Å²) in [5, 5.41) is 6.91. The fourth-order valence-corrected chi connectivity index (χ4v) is 1.22. The zero-order valence-corrected chi connectivity index (χ0v) is 8.42. The Hall–Kier alpha value is -0.690. The Morgan fingerprint density at radius 2 is 2.43 bits per heavy atom. The number of ether oxygens (including phenoxy) is 1. The second-order valence-electron chi connectivity index (χ2n) is 2.83. The molecule has 1 fully saturated rings. The van der Waals surface area contributed by atoms with Crippen LogP contribution in [0.25, 0.3) is 0 Å². The summed E-state index contributed by atoms with van der Waals surface area (Å²) in [6.07, 6.45) is 0. The Labute approximate surface area is 87.6 Å². The summed E-state index contributed by atoms with van der Waals surface area (Å²) in [4.78, 5) is 4.11. The molecule has 1 aliphatic heterocycles. The van der Waals surface area contributed by atoms with Gasteiger partial charge in [-0.05, 0) is 0 Å². The molecule has 1 aromatic rings. The van der Waals surface area contributed by atoms with E-state index in [-0.39, 0.29) is 18.4 Å². The number of nitrogens with zero attached hydrogens (tertiary/aromatic N) is 2. The quantitative estimate of drug-likeness (QED) is 0.706. The molecule has 2 heterocycles. The van der Waals surface area contributed by atoms with Crippen molar-refractivity contribution >= 4 is 12.4 Å². The van der Waals surface area contributed by atoms with Crippen molar-refractivity contribution < 1.29 is 9.26 Å². The molecule has 1 saturated heterocycles. The molecule has 80 valence electrons. The number of nitrogens with two attached hydrogens (primary N) is 1. The monoisotopic (exact) mass is 220 g/mol. The number of halogens is 1. The predicted octanol–water partition coefficient (Wildman–Crippen LogP) is -0.389. The maximum atomic E-state index is 5.36. The fourth-order valence-electron chi connectivity index (χ4n) is 1.22. The van der Waals surface area contributed by atoms with Crippen LogP contribution in [0.4, 0.5) is 0 Å². The number of aromatic nitrogens is 2. The smallest absolute Gasteiger partial charge is 0.246 e. The Kier molecular flexibility index (Phi) is 4.27. The highest BCUT2D eigenvalue weighted by Gasteiger charge is 2.20. The van der Waals surface area contributed by atoms with Crippen molar-refractivity contribution in [2.45, 2.75) is 12.6 Å². The number of nitrogens with one attached hydrogen (secondary N) is 1. The van der Waals surface area contributed by atoms with Crippen molar-refractivity contribution in [3.05, 3.63) is 11.7 Å². The minimum atomic E-state index is 0. The molecule has 0 aromatic carbocycles. The SMILES string of the molecule is Cl.NCc1noc(C2COCCN2)n1. The van der Waals surface area contributed by atoms with E-state index in [1.165, 1.54) is 0 Å². The Morgan fingerprint density at radius 3 is 3.00 bits per heavy atom. The van der Waals surface area contributed by atoms with Gasteiger partial charge in [-0.3, -0.25) is 0 Å². The largest absolute Gasteiger partial charge is 0.378 e. The molecule has 6 nitrogen and oxygen atoms in total. The van der Waals surface area contributed by atoms with E-state index in [2.05, 4.69) is 15.5 Å². The molecule has 1 atom stereocenters. The van der Waals surface area contributed by atoms with Gasteiger partial charge in [0.2, 0.25) is 5.89 Å². The van der Waals surface area contributed by atoms with Gasteiger partial charge < -0.3 is 20.3 Å². The van der Waals surface area contributed by atoms with E-state index in [0.717, 1.165) is 13.2 Å². The number of hydrogen-bond acceptors (Lipinski definition) is 6. The van der Waals surface area contributed by atoms with E-state index in [0.29, 0.717) is 24.9 Å². The van der Waals surface area contributed by atoms with Gasteiger partial charge in [-0.1, -0.05) is 5.16 Å². The van der Waals surface area contributed by atoms with Gasteiger partial charge in [0.05, 0.1) is 19.8 Å². The minimum Gasteiger partial charge on any atom is -0.378 e. The molecule has 14 heavy (non-hydrogen) atoms. The van der Waals surface area contributed by atoms with Crippen LogP contribution in [-0.4, -0.2) is 29.9 Å². The third-order valence-corrected chi connectivity index (χ3v) is 1.89. The van der Waals surface area contributed by atoms with Gasteiger partial charge in [0, 0.05) is 6.54 Å². The molecule has 3 N–H and O–H groups in total. The van der Waals surface area contributed by atoms with Crippen molar-refractivity contribution in [3.63, 3.8) is 0 Å². The zero-order chi connectivity index (χ0) is 9.10. The molecule has 0 aliphatic carbocycles. The molecule has 1 aromatic heterocycles. The lowest BCUT2D eigenvalue weighted by atomic mass is 10.3. The van der Waals surface area contributed by atoms with Crippen molar-refractivity contribution in [1.29, 1.82) is 0 Å². The highest BCUT2D eigenvalue weighted by Crippen LogP contribution is 2.12. The first kappa shape index (κ1) is 11.4. The van der Waals surface area contributed by atoms with Gasteiger partial charge in [-0.2, -0.15) is 4.98 Å². The van der Waals surface area contributed by atoms with E-state index >= 15 is 0 Å². The molecular formula is C7H13ClN4O2. The summed E-state index contributed by atoms with van der Waals surface area (Å²) in [7, 11) is 0. The van der Waals surface area contributed by atoms with Gasteiger partial charge >= 0.3 is 0 Å². The average Bonchev–Trinajstić information content (AvgIpc) is 2.67. The molecule has 0 saturated carbocycles. The van der Waals surface area contributed by atoms with Crippen LogP contribution in [0.5, 0.6) is 0 Å². The molecule has 1 aliphatic rings. The van der Waals surface area contributed by atoms with Crippen LogP contribution in [0.1, 0.15) is 17.8 Å². The Balaban J connectivity index is 0.000000980. The maximum absolute atomic E-state index is 5.36. The van der Waals surface area contributed by atoms with Crippen LogP contribution in [0.3, 0.4) is 0 Å². The summed E-state index contributed by atoms with van der Waals surface area (Å²) in [5.41, 5.74) is 5.36. The lowest BCUT2D eigenvalue weighted by molar-refractivity contribution is 0.0659. The van der Waals surface area contributed by atoms with Crippen LogP contribution in [-0.2, 0) is 11.3 Å². The van der Waals surface area contributed by atoms with Crippen LogP contribution < -0.4 is 11.1 Å². The van der Waals surface area contributed by atoms with Crippen molar-refractivity contribution in [2.24, 2.45) is 5.73 Å². The normalized spacial score (nSPS) is 21.6. The van der Waals surface area contributed by atoms with Gasteiger partial charge in [-0.25, -0.2) is 0 Å². The molecular weight excluding hydrogens is 208 g/mol. The summed E-state index contributed by atoms with van der Waals surface area (Å²) in [6.45, 7) is 2.42. The predicted molar refractivity (Wildman–Crippen MR) is 51.0 cm³/mol. The van der Waals surface area contributed by atoms with E-state index in [1.54, 1.807) is 0 Å².